The number of ether oxygens (including phenoxy) is 1. The summed E-state index contributed by atoms with van der Waals surface area (Å²) in [4.78, 5) is 0. The van der Waals surface area contributed by atoms with Gasteiger partial charge in [-0.25, -0.2) is 4.39 Å². The molecule has 0 heterocycles. The number of halogens is 1. The molecular formula is C12H17FO2. The van der Waals surface area contributed by atoms with Crippen molar-refractivity contribution in [2.75, 3.05) is 6.61 Å². The average molecular weight is 212 g/mol. The molecule has 0 saturated carbocycles. The molecule has 0 spiro atoms. The lowest BCUT2D eigenvalue weighted by atomic mass is 10.1. The van der Waals surface area contributed by atoms with E-state index in [2.05, 4.69) is 0 Å². The number of hydrogen-bond acceptors (Lipinski definition) is 2. The van der Waals surface area contributed by atoms with Crippen molar-refractivity contribution < 1.29 is 14.2 Å². The van der Waals surface area contributed by atoms with Crippen molar-refractivity contribution in [1.29, 1.82) is 0 Å². The van der Waals surface area contributed by atoms with E-state index in [1.807, 2.05) is 13.8 Å². The second kappa shape index (κ2) is 5.71. The molecule has 0 aliphatic heterocycles. The molecule has 15 heavy (non-hydrogen) atoms. The lowest BCUT2D eigenvalue weighted by Gasteiger charge is -2.14. The van der Waals surface area contributed by atoms with E-state index >= 15 is 0 Å². The first-order chi connectivity index (χ1) is 7.09. The summed E-state index contributed by atoms with van der Waals surface area (Å²) >= 11 is 0. The molecule has 0 amide bonds. The lowest BCUT2D eigenvalue weighted by molar-refractivity contribution is 0.0874. The SMILES string of the molecule is CC(C)CC(O)COc1ccccc1F. The second-order valence-corrected chi connectivity index (χ2v) is 4.02. The Balaban J connectivity index is 2.40. The van der Waals surface area contributed by atoms with Gasteiger partial charge in [0.25, 0.3) is 0 Å². The molecular weight excluding hydrogens is 195 g/mol. The van der Waals surface area contributed by atoms with E-state index < -0.39 is 11.9 Å². The molecule has 1 aromatic carbocycles. The molecule has 3 heteroatoms. The molecule has 1 unspecified atom stereocenters. The van der Waals surface area contributed by atoms with Gasteiger partial charge in [-0.15, -0.1) is 0 Å². The highest BCUT2D eigenvalue weighted by molar-refractivity contribution is 5.23. The predicted octanol–water partition coefficient (Wildman–Crippen LogP) is 2.61. The third-order valence-electron chi connectivity index (χ3n) is 2.01. The molecule has 1 aromatic rings. The van der Waals surface area contributed by atoms with E-state index in [9.17, 15) is 9.50 Å². The fourth-order valence-electron chi connectivity index (χ4n) is 1.36. The first kappa shape index (κ1) is 12.0. The summed E-state index contributed by atoms with van der Waals surface area (Å²) in [6.45, 7) is 4.18. The lowest BCUT2D eigenvalue weighted by Crippen LogP contribution is -2.19. The van der Waals surface area contributed by atoms with Gasteiger partial charge in [0.2, 0.25) is 0 Å². The predicted molar refractivity (Wildman–Crippen MR) is 57.4 cm³/mol. The molecule has 0 radical (unpaired) electrons. The standard InChI is InChI=1S/C12H17FO2/c1-9(2)7-10(14)8-15-12-6-4-3-5-11(12)13/h3-6,9-10,14H,7-8H2,1-2H3. The summed E-state index contributed by atoms with van der Waals surface area (Å²) in [6, 6.07) is 6.20. The van der Waals surface area contributed by atoms with Crippen LogP contribution in [0.2, 0.25) is 0 Å². The van der Waals surface area contributed by atoms with Crippen LogP contribution in [-0.4, -0.2) is 17.8 Å². The van der Waals surface area contributed by atoms with Crippen molar-refractivity contribution >= 4 is 0 Å². The highest BCUT2D eigenvalue weighted by Crippen LogP contribution is 2.16. The van der Waals surface area contributed by atoms with Crippen LogP contribution in [0, 0.1) is 11.7 Å². The highest BCUT2D eigenvalue weighted by atomic mass is 19.1. The van der Waals surface area contributed by atoms with Gasteiger partial charge in [-0.2, -0.15) is 0 Å². The Hall–Kier alpha value is -1.09. The van der Waals surface area contributed by atoms with Crippen molar-refractivity contribution in [1.82, 2.24) is 0 Å². The van der Waals surface area contributed by atoms with Crippen molar-refractivity contribution in [3.8, 4) is 5.75 Å². The number of aliphatic hydroxyl groups is 1. The third kappa shape index (κ3) is 4.30. The highest BCUT2D eigenvalue weighted by Gasteiger charge is 2.09. The number of hydrogen-bond donors (Lipinski definition) is 1. The molecule has 1 rings (SSSR count). The van der Waals surface area contributed by atoms with Crippen LogP contribution in [0.25, 0.3) is 0 Å². The average Bonchev–Trinajstić information content (AvgIpc) is 2.15. The van der Waals surface area contributed by atoms with E-state index in [-0.39, 0.29) is 12.4 Å². The Labute approximate surface area is 89.7 Å². The molecule has 2 nitrogen and oxygen atoms in total. The van der Waals surface area contributed by atoms with Gasteiger partial charge in [-0.05, 0) is 24.5 Å². The maximum absolute atomic E-state index is 13.1. The van der Waals surface area contributed by atoms with E-state index in [4.69, 9.17) is 4.74 Å². The Kier molecular flexibility index (Phi) is 4.56. The zero-order chi connectivity index (χ0) is 11.3. The van der Waals surface area contributed by atoms with Gasteiger partial charge < -0.3 is 9.84 Å². The fraction of sp³-hybridized carbons (Fsp3) is 0.500. The fourth-order valence-corrected chi connectivity index (χ4v) is 1.36. The Morgan fingerprint density at radius 3 is 2.60 bits per heavy atom. The monoisotopic (exact) mass is 212 g/mol. The summed E-state index contributed by atoms with van der Waals surface area (Å²) < 4.78 is 18.3. The molecule has 0 aliphatic rings. The number of rotatable bonds is 5. The van der Waals surface area contributed by atoms with Gasteiger partial charge in [-0.3, -0.25) is 0 Å². The van der Waals surface area contributed by atoms with E-state index in [1.165, 1.54) is 6.07 Å². The van der Waals surface area contributed by atoms with Crippen molar-refractivity contribution in [3.05, 3.63) is 30.1 Å². The minimum Gasteiger partial charge on any atom is -0.488 e. The van der Waals surface area contributed by atoms with Gasteiger partial charge in [0.15, 0.2) is 11.6 Å². The quantitative estimate of drug-likeness (QED) is 0.813. The van der Waals surface area contributed by atoms with Gasteiger partial charge in [0.1, 0.15) is 6.61 Å². The molecule has 0 aliphatic carbocycles. The number of para-hydroxylation sites is 1. The topological polar surface area (TPSA) is 29.5 Å². The molecule has 0 bridgehead atoms. The first-order valence-corrected chi connectivity index (χ1v) is 5.15. The van der Waals surface area contributed by atoms with E-state index in [1.54, 1.807) is 18.2 Å². The maximum atomic E-state index is 13.1. The summed E-state index contributed by atoms with van der Waals surface area (Å²) in [5.41, 5.74) is 0. The molecule has 1 atom stereocenters. The molecule has 0 fully saturated rings. The van der Waals surface area contributed by atoms with Crippen LogP contribution in [0.15, 0.2) is 24.3 Å². The van der Waals surface area contributed by atoms with Crippen molar-refractivity contribution in [3.63, 3.8) is 0 Å². The normalized spacial score (nSPS) is 12.9. The first-order valence-electron chi connectivity index (χ1n) is 5.15. The molecule has 84 valence electrons. The van der Waals surface area contributed by atoms with Crippen LogP contribution in [0.4, 0.5) is 4.39 Å². The largest absolute Gasteiger partial charge is 0.488 e. The van der Waals surface area contributed by atoms with Crippen LogP contribution in [0.5, 0.6) is 5.75 Å². The maximum Gasteiger partial charge on any atom is 0.165 e. The van der Waals surface area contributed by atoms with Crippen molar-refractivity contribution in [2.24, 2.45) is 5.92 Å². The molecule has 0 saturated heterocycles. The summed E-state index contributed by atoms with van der Waals surface area (Å²) in [5, 5.41) is 9.52. The summed E-state index contributed by atoms with van der Waals surface area (Å²) in [6.07, 6.45) is 0.124. The Morgan fingerprint density at radius 2 is 2.00 bits per heavy atom. The number of benzene rings is 1. The third-order valence-corrected chi connectivity index (χ3v) is 2.01. The van der Waals surface area contributed by atoms with Crippen molar-refractivity contribution in [2.45, 2.75) is 26.4 Å². The van der Waals surface area contributed by atoms with Gasteiger partial charge >= 0.3 is 0 Å². The van der Waals surface area contributed by atoms with Gasteiger partial charge in [0, 0.05) is 0 Å². The van der Waals surface area contributed by atoms with Gasteiger partial charge in [-0.1, -0.05) is 26.0 Å². The van der Waals surface area contributed by atoms with Crippen LogP contribution in [0.3, 0.4) is 0 Å². The van der Waals surface area contributed by atoms with E-state index in [0.717, 1.165) is 0 Å². The Morgan fingerprint density at radius 1 is 1.33 bits per heavy atom. The minimum absolute atomic E-state index is 0.138. The van der Waals surface area contributed by atoms with Gasteiger partial charge in [0.05, 0.1) is 6.10 Å². The smallest absolute Gasteiger partial charge is 0.165 e. The minimum atomic E-state index is -0.537. The Bertz CT molecular complexity index is 299. The zero-order valence-electron chi connectivity index (χ0n) is 9.11. The summed E-state index contributed by atoms with van der Waals surface area (Å²) in [5.74, 6) is 0.207. The van der Waals surface area contributed by atoms with Crippen LogP contribution >= 0.6 is 0 Å². The van der Waals surface area contributed by atoms with Crippen LogP contribution in [-0.2, 0) is 0 Å². The van der Waals surface area contributed by atoms with Crippen LogP contribution in [0.1, 0.15) is 20.3 Å². The second-order valence-electron chi connectivity index (χ2n) is 4.02. The number of aliphatic hydroxyl groups excluding tert-OH is 1. The molecule has 0 aromatic heterocycles. The zero-order valence-corrected chi connectivity index (χ0v) is 9.11. The summed E-state index contributed by atoms with van der Waals surface area (Å²) in [7, 11) is 0. The molecule has 1 N–H and O–H groups in total. The van der Waals surface area contributed by atoms with Crippen LogP contribution < -0.4 is 4.74 Å². The van der Waals surface area contributed by atoms with E-state index in [0.29, 0.717) is 12.3 Å².